The fourth-order valence-corrected chi connectivity index (χ4v) is 1.18. The van der Waals surface area contributed by atoms with Crippen LogP contribution in [-0.2, 0) is 11.3 Å². The molecule has 0 bridgehead atoms. The van der Waals surface area contributed by atoms with Crippen molar-refractivity contribution in [2.24, 2.45) is 5.92 Å². The van der Waals surface area contributed by atoms with Gasteiger partial charge in [0.15, 0.2) is 0 Å². The van der Waals surface area contributed by atoms with Crippen LogP contribution in [0.15, 0.2) is 24.3 Å². The van der Waals surface area contributed by atoms with Gasteiger partial charge in [-0.3, -0.25) is 0 Å². The number of methoxy groups -OCH3 is 1. The lowest BCUT2D eigenvalue weighted by Crippen LogP contribution is -2.06. The molecule has 2 heteroatoms. The average molecular weight is 194 g/mol. The molecular formula is C12H18O2. The molecule has 0 fully saturated rings. The largest absolute Gasteiger partial charge is 0.493 e. The van der Waals surface area contributed by atoms with E-state index in [1.807, 2.05) is 24.3 Å². The fourth-order valence-electron chi connectivity index (χ4n) is 1.18. The Morgan fingerprint density at radius 2 is 1.93 bits per heavy atom. The van der Waals surface area contributed by atoms with Crippen molar-refractivity contribution in [3.05, 3.63) is 29.8 Å². The quantitative estimate of drug-likeness (QED) is 0.717. The standard InChI is InChI=1S/C12H18O2/c1-10(2)8-14-12-7-5-4-6-11(12)9-13-3/h4-7,10H,8-9H2,1-3H3. The molecule has 0 atom stereocenters. The topological polar surface area (TPSA) is 18.5 Å². The molecule has 0 N–H and O–H groups in total. The minimum absolute atomic E-state index is 0.547. The van der Waals surface area contributed by atoms with Crippen LogP contribution >= 0.6 is 0 Å². The van der Waals surface area contributed by atoms with Gasteiger partial charge < -0.3 is 9.47 Å². The summed E-state index contributed by atoms with van der Waals surface area (Å²) in [5.41, 5.74) is 1.11. The molecule has 0 radical (unpaired) electrons. The Hall–Kier alpha value is -1.02. The second kappa shape index (κ2) is 5.66. The lowest BCUT2D eigenvalue weighted by atomic mass is 10.2. The zero-order valence-electron chi connectivity index (χ0n) is 9.12. The van der Waals surface area contributed by atoms with E-state index in [1.54, 1.807) is 7.11 Å². The van der Waals surface area contributed by atoms with Gasteiger partial charge in [-0.15, -0.1) is 0 Å². The molecule has 0 saturated heterocycles. The Kier molecular flexibility index (Phi) is 4.47. The minimum atomic E-state index is 0.547. The van der Waals surface area contributed by atoms with Gasteiger partial charge in [-0.2, -0.15) is 0 Å². The summed E-state index contributed by atoms with van der Waals surface area (Å²) in [6.07, 6.45) is 0. The lowest BCUT2D eigenvalue weighted by molar-refractivity contribution is 0.178. The highest BCUT2D eigenvalue weighted by Crippen LogP contribution is 2.19. The number of para-hydroxylation sites is 1. The van der Waals surface area contributed by atoms with Crippen LogP contribution in [0, 0.1) is 5.92 Å². The molecule has 0 unspecified atom stereocenters. The molecule has 14 heavy (non-hydrogen) atoms. The van der Waals surface area contributed by atoms with E-state index >= 15 is 0 Å². The minimum Gasteiger partial charge on any atom is -0.493 e. The van der Waals surface area contributed by atoms with E-state index in [1.165, 1.54) is 0 Å². The summed E-state index contributed by atoms with van der Waals surface area (Å²) in [4.78, 5) is 0. The van der Waals surface area contributed by atoms with E-state index in [2.05, 4.69) is 13.8 Å². The molecule has 0 aromatic heterocycles. The van der Waals surface area contributed by atoms with Gasteiger partial charge in [0, 0.05) is 12.7 Å². The van der Waals surface area contributed by atoms with Crippen LogP contribution in [0.3, 0.4) is 0 Å². The van der Waals surface area contributed by atoms with Crippen LogP contribution in [0.4, 0.5) is 0 Å². The number of benzene rings is 1. The van der Waals surface area contributed by atoms with Crippen molar-refractivity contribution in [1.29, 1.82) is 0 Å². The molecule has 0 aliphatic carbocycles. The lowest BCUT2D eigenvalue weighted by Gasteiger charge is -2.12. The molecule has 1 aromatic carbocycles. The van der Waals surface area contributed by atoms with E-state index < -0.39 is 0 Å². The fraction of sp³-hybridized carbons (Fsp3) is 0.500. The van der Waals surface area contributed by atoms with E-state index in [0.717, 1.165) is 17.9 Å². The maximum absolute atomic E-state index is 5.67. The summed E-state index contributed by atoms with van der Waals surface area (Å²) < 4.78 is 10.8. The maximum Gasteiger partial charge on any atom is 0.124 e. The van der Waals surface area contributed by atoms with Crippen LogP contribution in [0.2, 0.25) is 0 Å². The highest BCUT2D eigenvalue weighted by molar-refractivity contribution is 5.32. The zero-order valence-corrected chi connectivity index (χ0v) is 9.12. The second-order valence-electron chi connectivity index (χ2n) is 3.75. The number of hydrogen-bond donors (Lipinski definition) is 0. The molecule has 0 saturated carbocycles. The smallest absolute Gasteiger partial charge is 0.124 e. The average Bonchev–Trinajstić information content (AvgIpc) is 2.17. The second-order valence-corrected chi connectivity index (χ2v) is 3.75. The summed E-state index contributed by atoms with van der Waals surface area (Å²) in [6.45, 7) is 5.63. The van der Waals surface area contributed by atoms with Crippen molar-refractivity contribution < 1.29 is 9.47 Å². The first-order valence-electron chi connectivity index (χ1n) is 4.93. The normalized spacial score (nSPS) is 10.6. The van der Waals surface area contributed by atoms with Crippen molar-refractivity contribution in [3.8, 4) is 5.75 Å². The molecule has 2 nitrogen and oxygen atoms in total. The Bertz CT molecular complexity index is 269. The van der Waals surface area contributed by atoms with Gasteiger partial charge in [-0.05, 0) is 12.0 Å². The monoisotopic (exact) mass is 194 g/mol. The van der Waals surface area contributed by atoms with Gasteiger partial charge in [0.25, 0.3) is 0 Å². The molecule has 1 aromatic rings. The van der Waals surface area contributed by atoms with Gasteiger partial charge in [0.2, 0.25) is 0 Å². The van der Waals surface area contributed by atoms with E-state index in [4.69, 9.17) is 9.47 Å². The van der Waals surface area contributed by atoms with E-state index in [-0.39, 0.29) is 0 Å². The summed E-state index contributed by atoms with van der Waals surface area (Å²) in [6, 6.07) is 7.99. The van der Waals surface area contributed by atoms with E-state index in [9.17, 15) is 0 Å². The van der Waals surface area contributed by atoms with Crippen molar-refractivity contribution in [3.63, 3.8) is 0 Å². The molecule has 0 aliphatic rings. The molecule has 0 heterocycles. The summed E-state index contributed by atoms with van der Waals surface area (Å²) in [5, 5.41) is 0. The third kappa shape index (κ3) is 3.38. The first kappa shape index (κ1) is 11.1. The van der Waals surface area contributed by atoms with Crippen LogP contribution in [0.5, 0.6) is 5.75 Å². The van der Waals surface area contributed by atoms with Crippen molar-refractivity contribution in [1.82, 2.24) is 0 Å². The predicted octanol–water partition coefficient (Wildman–Crippen LogP) is 2.87. The van der Waals surface area contributed by atoms with Crippen LogP contribution in [0.1, 0.15) is 19.4 Å². The molecule has 0 aliphatic heterocycles. The van der Waals surface area contributed by atoms with Gasteiger partial charge in [-0.25, -0.2) is 0 Å². The highest BCUT2D eigenvalue weighted by Gasteiger charge is 2.02. The Morgan fingerprint density at radius 3 is 2.57 bits per heavy atom. The van der Waals surface area contributed by atoms with Gasteiger partial charge in [0.1, 0.15) is 5.75 Å². The van der Waals surface area contributed by atoms with Crippen molar-refractivity contribution in [2.45, 2.75) is 20.5 Å². The van der Waals surface area contributed by atoms with Gasteiger partial charge in [-0.1, -0.05) is 32.0 Å². The Labute approximate surface area is 85.8 Å². The Morgan fingerprint density at radius 1 is 1.21 bits per heavy atom. The molecule has 0 spiro atoms. The van der Waals surface area contributed by atoms with Crippen molar-refractivity contribution in [2.75, 3.05) is 13.7 Å². The first-order valence-corrected chi connectivity index (χ1v) is 4.93. The summed E-state index contributed by atoms with van der Waals surface area (Å²) in [5.74, 6) is 1.48. The van der Waals surface area contributed by atoms with Crippen LogP contribution < -0.4 is 4.74 Å². The Balaban J connectivity index is 2.64. The third-order valence-corrected chi connectivity index (χ3v) is 1.84. The predicted molar refractivity (Wildman–Crippen MR) is 57.5 cm³/mol. The van der Waals surface area contributed by atoms with E-state index in [0.29, 0.717) is 12.5 Å². The summed E-state index contributed by atoms with van der Waals surface area (Å²) >= 11 is 0. The molecule has 78 valence electrons. The summed E-state index contributed by atoms with van der Waals surface area (Å²) in [7, 11) is 1.69. The van der Waals surface area contributed by atoms with Gasteiger partial charge >= 0.3 is 0 Å². The number of hydrogen-bond acceptors (Lipinski definition) is 2. The third-order valence-electron chi connectivity index (χ3n) is 1.84. The number of rotatable bonds is 5. The van der Waals surface area contributed by atoms with Crippen LogP contribution in [-0.4, -0.2) is 13.7 Å². The van der Waals surface area contributed by atoms with Gasteiger partial charge in [0.05, 0.1) is 13.2 Å². The molecule has 1 rings (SSSR count). The molecular weight excluding hydrogens is 176 g/mol. The number of ether oxygens (including phenoxy) is 2. The highest BCUT2D eigenvalue weighted by atomic mass is 16.5. The zero-order chi connectivity index (χ0) is 10.4. The first-order chi connectivity index (χ1) is 6.74. The van der Waals surface area contributed by atoms with Crippen LogP contribution in [0.25, 0.3) is 0 Å². The SMILES string of the molecule is COCc1ccccc1OCC(C)C. The molecule has 0 amide bonds. The van der Waals surface area contributed by atoms with Crippen molar-refractivity contribution >= 4 is 0 Å². The maximum atomic E-state index is 5.67.